The first kappa shape index (κ1) is 25.5. The van der Waals surface area contributed by atoms with Gasteiger partial charge in [-0.15, -0.1) is 11.3 Å². The number of hydrogen-bond donors (Lipinski definition) is 1. The number of furan rings is 1. The van der Waals surface area contributed by atoms with Crippen LogP contribution >= 0.6 is 11.3 Å². The van der Waals surface area contributed by atoms with Crippen LogP contribution in [0.4, 0.5) is 0 Å². The molecule has 0 spiro atoms. The highest BCUT2D eigenvalue weighted by molar-refractivity contribution is 7.15. The third-order valence-electron chi connectivity index (χ3n) is 6.53. The molecule has 40 heavy (non-hydrogen) atoms. The number of para-hydroxylation sites is 1. The molecule has 0 aliphatic heterocycles. The Hall–Kier alpha value is -4.82. The van der Waals surface area contributed by atoms with E-state index in [0.29, 0.717) is 11.5 Å². The topological polar surface area (TPSA) is 91.0 Å². The molecule has 0 aliphatic rings. The van der Waals surface area contributed by atoms with Crippen LogP contribution in [0.2, 0.25) is 0 Å². The summed E-state index contributed by atoms with van der Waals surface area (Å²) in [5, 5.41) is 11.8. The van der Waals surface area contributed by atoms with Crippen LogP contribution in [0.5, 0.6) is 17.2 Å². The number of ether oxygens (including phenoxy) is 3. The molecule has 0 bridgehead atoms. The van der Waals surface area contributed by atoms with Crippen LogP contribution in [0.3, 0.4) is 0 Å². The minimum absolute atomic E-state index is 0.277. The van der Waals surface area contributed by atoms with Gasteiger partial charge in [0.15, 0.2) is 6.61 Å². The van der Waals surface area contributed by atoms with E-state index >= 15 is 0 Å². The number of aliphatic carboxylic acids is 1. The Morgan fingerprint density at radius 1 is 0.875 bits per heavy atom. The number of thiazole rings is 1. The van der Waals surface area contributed by atoms with Gasteiger partial charge in [0.25, 0.3) is 0 Å². The molecule has 1 N–H and O–H groups in total. The summed E-state index contributed by atoms with van der Waals surface area (Å²) in [4.78, 5) is 16.8. The molecule has 0 saturated carbocycles. The van der Waals surface area contributed by atoms with Crippen molar-refractivity contribution in [2.45, 2.75) is 13.5 Å². The zero-order chi connectivity index (χ0) is 27.6. The first-order valence-electron chi connectivity index (χ1n) is 12.6. The zero-order valence-electron chi connectivity index (χ0n) is 21.8. The van der Waals surface area contributed by atoms with Crippen molar-refractivity contribution in [3.8, 4) is 38.9 Å². The van der Waals surface area contributed by atoms with Crippen molar-refractivity contribution in [1.82, 2.24) is 4.98 Å². The van der Waals surface area contributed by atoms with Crippen molar-refractivity contribution in [2.75, 3.05) is 13.7 Å². The molecule has 6 rings (SSSR count). The summed E-state index contributed by atoms with van der Waals surface area (Å²) < 4.78 is 22.8. The van der Waals surface area contributed by atoms with Crippen molar-refractivity contribution in [3.05, 3.63) is 95.5 Å². The minimum atomic E-state index is -1.02. The largest absolute Gasteiger partial charge is 0.497 e. The number of carboxylic acid groups (broad SMARTS) is 1. The van der Waals surface area contributed by atoms with E-state index in [1.54, 1.807) is 30.6 Å². The van der Waals surface area contributed by atoms with Gasteiger partial charge in [-0.1, -0.05) is 18.2 Å². The normalized spacial score (nSPS) is 11.2. The predicted molar refractivity (Wildman–Crippen MR) is 155 cm³/mol. The van der Waals surface area contributed by atoms with Gasteiger partial charge in [-0.3, -0.25) is 0 Å². The third kappa shape index (κ3) is 5.09. The minimum Gasteiger partial charge on any atom is -0.497 e. The maximum atomic E-state index is 10.8. The SMILES string of the molecule is COc1ccc(-c2nc(COc3ccc(OCC(=O)O)c(C)c3)sc2-c2ccc3oc4ccccc4c3c2)cc1. The van der Waals surface area contributed by atoms with Gasteiger partial charge in [-0.05, 0) is 84.8 Å². The van der Waals surface area contributed by atoms with Crippen molar-refractivity contribution in [3.63, 3.8) is 0 Å². The van der Waals surface area contributed by atoms with Gasteiger partial charge in [0.1, 0.15) is 40.0 Å². The number of benzene rings is 4. The van der Waals surface area contributed by atoms with Crippen LogP contribution in [0, 0.1) is 6.92 Å². The van der Waals surface area contributed by atoms with Gasteiger partial charge in [-0.25, -0.2) is 9.78 Å². The summed E-state index contributed by atoms with van der Waals surface area (Å²) in [6, 6.07) is 27.4. The lowest BCUT2D eigenvalue weighted by molar-refractivity contribution is -0.139. The van der Waals surface area contributed by atoms with Crippen molar-refractivity contribution in [1.29, 1.82) is 0 Å². The van der Waals surface area contributed by atoms with Crippen LogP contribution in [-0.4, -0.2) is 29.8 Å². The number of methoxy groups -OCH3 is 1. The number of aromatic nitrogens is 1. The first-order valence-corrected chi connectivity index (χ1v) is 13.4. The molecule has 0 atom stereocenters. The molecule has 2 heterocycles. The Morgan fingerprint density at radius 3 is 2.40 bits per heavy atom. The van der Waals surface area contributed by atoms with E-state index in [1.807, 2.05) is 61.5 Å². The van der Waals surface area contributed by atoms with E-state index < -0.39 is 12.6 Å². The fraction of sp³-hybridized carbons (Fsp3) is 0.125. The molecule has 200 valence electrons. The number of hydrogen-bond acceptors (Lipinski definition) is 7. The first-order chi connectivity index (χ1) is 19.5. The Morgan fingerprint density at radius 2 is 1.62 bits per heavy atom. The Labute approximate surface area is 234 Å². The summed E-state index contributed by atoms with van der Waals surface area (Å²) in [6.07, 6.45) is 0. The maximum Gasteiger partial charge on any atom is 0.341 e. The number of aryl methyl sites for hydroxylation is 1. The molecule has 0 saturated heterocycles. The molecule has 4 aromatic carbocycles. The number of rotatable bonds is 9. The predicted octanol–water partition coefficient (Wildman–Crippen LogP) is 7.74. The molecule has 7 nitrogen and oxygen atoms in total. The van der Waals surface area contributed by atoms with Crippen LogP contribution in [0.25, 0.3) is 43.6 Å². The Bertz CT molecular complexity index is 1840. The van der Waals surface area contributed by atoms with Crippen LogP contribution in [0.15, 0.2) is 89.3 Å². The summed E-state index contributed by atoms with van der Waals surface area (Å²) >= 11 is 1.58. The van der Waals surface area contributed by atoms with Gasteiger partial charge in [0, 0.05) is 16.3 Å². The summed E-state index contributed by atoms with van der Waals surface area (Å²) in [7, 11) is 1.65. The Balaban J connectivity index is 1.34. The van der Waals surface area contributed by atoms with Gasteiger partial charge < -0.3 is 23.7 Å². The van der Waals surface area contributed by atoms with Gasteiger partial charge in [0.05, 0.1) is 17.7 Å². The summed E-state index contributed by atoms with van der Waals surface area (Å²) in [6.45, 7) is 1.74. The van der Waals surface area contributed by atoms with Gasteiger partial charge in [-0.2, -0.15) is 0 Å². The van der Waals surface area contributed by atoms with E-state index in [2.05, 4.69) is 18.2 Å². The third-order valence-corrected chi connectivity index (χ3v) is 7.61. The lowest BCUT2D eigenvalue weighted by Crippen LogP contribution is -2.10. The molecular weight excluding hydrogens is 526 g/mol. The monoisotopic (exact) mass is 551 g/mol. The molecule has 0 amide bonds. The van der Waals surface area contributed by atoms with Crippen LogP contribution in [-0.2, 0) is 11.4 Å². The molecule has 0 fully saturated rings. The van der Waals surface area contributed by atoms with Crippen LogP contribution < -0.4 is 14.2 Å². The molecule has 8 heteroatoms. The highest BCUT2D eigenvalue weighted by Gasteiger charge is 2.18. The fourth-order valence-corrected chi connectivity index (χ4v) is 5.59. The number of carboxylic acids is 1. The zero-order valence-corrected chi connectivity index (χ0v) is 22.7. The standard InChI is InChI=1S/C32H25NO6S/c1-19-15-23(12-14-26(19)38-18-30(34)35)37-17-29-33-31(20-7-10-22(36-2)11-8-20)32(40-29)21-9-13-28-25(16-21)24-5-3-4-6-27(24)39-28/h3-16H,17-18H2,1-2H3,(H,34,35). The van der Waals surface area contributed by atoms with Crippen molar-refractivity contribution < 1.29 is 28.5 Å². The summed E-state index contributed by atoms with van der Waals surface area (Å²) in [5.41, 5.74) is 5.38. The molecule has 0 radical (unpaired) electrons. The van der Waals surface area contributed by atoms with Gasteiger partial charge in [0.2, 0.25) is 0 Å². The number of fused-ring (bicyclic) bond motifs is 3. The molecule has 0 unspecified atom stereocenters. The highest BCUT2D eigenvalue weighted by Crippen LogP contribution is 2.40. The number of carbonyl (C=O) groups is 1. The molecule has 2 aromatic heterocycles. The van der Waals surface area contributed by atoms with E-state index in [-0.39, 0.29) is 6.61 Å². The average Bonchev–Trinajstić information content (AvgIpc) is 3.57. The molecular formula is C32H25NO6S. The van der Waals surface area contributed by atoms with Crippen LogP contribution in [0.1, 0.15) is 10.6 Å². The smallest absolute Gasteiger partial charge is 0.341 e. The van der Waals surface area contributed by atoms with Crippen molar-refractivity contribution in [2.24, 2.45) is 0 Å². The number of nitrogens with zero attached hydrogens (tertiary/aromatic N) is 1. The lowest BCUT2D eigenvalue weighted by Gasteiger charge is -2.09. The lowest BCUT2D eigenvalue weighted by atomic mass is 10.0. The highest BCUT2D eigenvalue weighted by atomic mass is 32.1. The van der Waals surface area contributed by atoms with Crippen molar-refractivity contribution >= 4 is 39.2 Å². The second-order valence-corrected chi connectivity index (χ2v) is 10.3. The quantitative estimate of drug-likeness (QED) is 0.197. The molecule has 0 aliphatic carbocycles. The van der Waals surface area contributed by atoms with E-state index in [9.17, 15) is 4.79 Å². The Kier molecular flexibility index (Phi) is 6.84. The van der Waals surface area contributed by atoms with E-state index in [1.165, 1.54) is 0 Å². The van der Waals surface area contributed by atoms with Gasteiger partial charge >= 0.3 is 5.97 Å². The fourth-order valence-electron chi connectivity index (χ4n) is 4.59. The second kappa shape index (κ2) is 10.7. The maximum absolute atomic E-state index is 10.8. The molecule has 6 aromatic rings. The average molecular weight is 552 g/mol. The second-order valence-electron chi connectivity index (χ2n) is 9.22. The summed E-state index contributed by atoms with van der Waals surface area (Å²) in [5.74, 6) is 0.915. The van der Waals surface area contributed by atoms with E-state index in [4.69, 9.17) is 28.7 Å². The van der Waals surface area contributed by atoms with E-state index in [0.717, 1.165) is 60.0 Å².